The molecular weight excluding hydrogens is 336 g/mol. The van der Waals surface area contributed by atoms with E-state index in [1.807, 2.05) is 31.2 Å². The minimum atomic E-state index is -3.59. The normalized spacial score (nSPS) is 14.2. The second-order valence-electron chi connectivity index (χ2n) is 6.35. The van der Waals surface area contributed by atoms with Gasteiger partial charge in [-0.1, -0.05) is 18.2 Å². The van der Waals surface area contributed by atoms with Crippen molar-refractivity contribution in [3.8, 4) is 0 Å². The SMILES string of the molecule is COCCN1CCCc2ccc(NS(=O)(=O)c3cccc(C)c3)cc21. The number of nitrogens with zero attached hydrogens (tertiary/aromatic N) is 1. The number of rotatable bonds is 6. The van der Waals surface area contributed by atoms with Crippen LogP contribution in [-0.4, -0.2) is 35.2 Å². The number of sulfonamides is 1. The minimum Gasteiger partial charge on any atom is -0.383 e. The van der Waals surface area contributed by atoms with Gasteiger partial charge in [-0.05, 0) is 55.2 Å². The second-order valence-corrected chi connectivity index (χ2v) is 8.03. The Kier molecular flexibility index (Phi) is 5.30. The Hall–Kier alpha value is -2.05. The molecule has 0 spiro atoms. The number of hydrogen-bond donors (Lipinski definition) is 1. The van der Waals surface area contributed by atoms with Crippen molar-refractivity contribution in [3.63, 3.8) is 0 Å². The third kappa shape index (κ3) is 4.14. The van der Waals surface area contributed by atoms with Gasteiger partial charge in [-0.3, -0.25) is 4.72 Å². The first-order chi connectivity index (χ1) is 12.0. The fourth-order valence-electron chi connectivity index (χ4n) is 3.14. The van der Waals surface area contributed by atoms with E-state index in [9.17, 15) is 8.42 Å². The topological polar surface area (TPSA) is 58.6 Å². The molecular formula is C19H24N2O3S. The van der Waals surface area contributed by atoms with Gasteiger partial charge in [0.1, 0.15) is 0 Å². The molecule has 0 atom stereocenters. The van der Waals surface area contributed by atoms with Crippen LogP contribution in [0.3, 0.4) is 0 Å². The number of ether oxygens (including phenoxy) is 1. The molecule has 0 fully saturated rings. The van der Waals surface area contributed by atoms with Gasteiger partial charge in [-0.15, -0.1) is 0 Å². The quantitative estimate of drug-likeness (QED) is 0.859. The highest BCUT2D eigenvalue weighted by atomic mass is 32.2. The molecule has 0 unspecified atom stereocenters. The van der Waals surface area contributed by atoms with E-state index in [-0.39, 0.29) is 4.90 Å². The summed E-state index contributed by atoms with van der Waals surface area (Å²) >= 11 is 0. The van der Waals surface area contributed by atoms with Crippen LogP contribution in [0.15, 0.2) is 47.4 Å². The number of fused-ring (bicyclic) bond motifs is 1. The van der Waals surface area contributed by atoms with Crippen LogP contribution in [0.1, 0.15) is 17.5 Å². The molecule has 6 heteroatoms. The number of methoxy groups -OCH3 is 1. The average Bonchev–Trinajstić information content (AvgIpc) is 2.59. The fraction of sp³-hybridized carbons (Fsp3) is 0.368. The van der Waals surface area contributed by atoms with Crippen molar-refractivity contribution in [2.75, 3.05) is 36.4 Å². The predicted molar refractivity (Wildman–Crippen MR) is 101 cm³/mol. The second kappa shape index (κ2) is 7.45. The van der Waals surface area contributed by atoms with Crippen LogP contribution in [0.25, 0.3) is 0 Å². The molecule has 1 aliphatic rings. The van der Waals surface area contributed by atoms with Gasteiger partial charge in [0.15, 0.2) is 0 Å². The average molecular weight is 360 g/mol. The molecule has 0 amide bonds. The number of anilines is 2. The third-order valence-electron chi connectivity index (χ3n) is 4.42. The van der Waals surface area contributed by atoms with Gasteiger partial charge >= 0.3 is 0 Å². The lowest BCUT2D eigenvalue weighted by molar-refractivity contribution is 0.205. The first-order valence-electron chi connectivity index (χ1n) is 8.46. The lowest BCUT2D eigenvalue weighted by Crippen LogP contribution is -2.32. The van der Waals surface area contributed by atoms with E-state index < -0.39 is 10.0 Å². The van der Waals surface area contributed by atoms with E-state index in [0.717, 1.165) is 37.2 Å². The summed E-state index contributed by atoms with van der Waals surface area (Å²) in [4.78, 5) is 2.54. The minimum absolute atomic E-state index is 0.279. The van der Waals surface area contributed by atoms with Crippen LogP contribution in [0, 0.1) is 6.92 Å². The summed E-state index contributed by atoms with van der Waals surface area (Å²) in [6, 6.07) is 12.7. The van der Waals surface area contributed by atoms with Gasteiger partial charge in [0.2, 0.25) is 0 Å². The van der Waals surface area contributed by atoms with Crippen molar-refractivity contribution in [2.45, 2.75) is 24.7 Å². The monoisotopic (exact) mass is 360 g/mol. The molecule has 1 heterocycles. The predicted octanol–water partition coefficient (Wildman–Crippen LogP) is 3.19. The van der Waals surface area contributed by atoms with E-state index in [1.54, 1.807) is 25.3 Å². The highest BCUT2D eigenvalue weighted by molar-refractivity contribution is 7.92. The van der Waals surface area contributed by atoms with E-state index in [0.29, 0.717) is 12.3 Å². The zero-order valence-electron chi connectivity index (χ0n) is 14.7. The smallest absolute Gasteiger partial charge is 0.261 e. The summed E-state index contributed by atoms with van der Waals surface area (Å²) in [5.41, 5.74) is 3.84. The first kappa shape index (κ1) is 17.8. The van der Waals surface area contributed by atoms with Crippen LogP contribution in [0.2, 0.25) is 0 Å². The lowest BCUT2D eigenvalue weighted by atomic mass is 10.0. The molecule has 3 rings (SSSR count). The van der Waals surface area contributed by atoms with Crippen molar-refractivity contribution in [1.82, 2.24) is 0 Å². The molecule has 2 aromatic rings. The summed E-state index contributed by atoms with van der Waals surface area (Å²) in [5, 5.41) is 0. The van der Waals surface area contributed by atoms with Gasteiger partial charge in [0.25, 0.3) is 10.0 Å². The van der Waals surface area contributed by atoms with Crippen molar-refractivity contribution in [1.29, 1.82) is 0 Å². The molecule has 0 saturated heterocycles. The van der Waals surface area contributed by atoms with Gasteiger partial charge in [0.05, 0.1) is 17.2 Å². The Labute approximate surface area is 149 Å². The molecule has 1 N–H and O–H groups in total. The Morgan fingerprint density at radius 1 is 1.20 bits per heavy atom. The third-order valence-corrected chi connectivity index (χ3v) is 5.80. The van der Waals surface area contributed by atoms with Crippen LogP contribution < -0.4 is 9.62 Å². The Bertz CT molecular complexity index is 849. The summed E-state index contributed by atoms with van der Waals surface area (Å²) in [5.74, 6) is 0. The fourth-order valence-corrected chi connectivity index (χ4v) is 4.30. The van der Waals surface area contributed by atoms with Gasteiger partial charge < -0.3 is 9.64 Å². The summed E-state index contributed by atoms with van der Waals surface area (Å²) in [6.45, 7) is 4.30. The van der Waals surface area contributed by atoms with Crippen LogP contribution in [0.5, 0.6) is 0 Å². The van der Waals surface area contributed by atoms with Crippen molar-refractivity contribution < 1.29 is 13.2 Å². The highest BCUT2D eigenvalue weighted by Gasteiger charge is 2.19. The molecule has 0 radical (unpaired) electrons. The first-order valence-corrected chi connectivity index (χ1v) is 9.94. The Morgan fingerprint density at radius 3 is 2.80 bits per heavy atom. The molecule has 134 valence electrons. The molecule has 0 bridgehead atoms. The highest BCUT2D eigenvalue weighted by Crippen LogP contribution is 2.30. The lowest BCUT2D eigenvalue weighted by Gasteiger charge is -2.31. The van der Waals surface area contributed by atoms with E-state index in [2.05, 4.69) is 9.62 Å². The maximum Gasteiger partial charge on any atom is 0.261 e. The van der Waals surface area contributed by atoms with Crippen LogP contribution >= 0.6 is 0 Å². The summed E-state index contributed by atoms with van der Waals surface area (Å²) < 4.78 is 33.2. The standard InChI is InChI=1S/C19H24N2O3S/c1-15-5-3-7-18(13-15)25(22,23)20-17-9-8-16-6-4-10-21(11-12-24-2)19(16)14-17/h3,5,7-9,13-14,20H,4,6,10-12H2,1-2H3. The van der Waals surface area contributed by atoms with Gasteiger partial charge in [0, 0.05) is 25.9 Å². The van der Waals surface area contributed by atoms with E-state index >= 15 is 0 Å². The molecule has 5 nitrogen and oxygen atoms in total. The molecule has 25 heavy (non-hydrogen) atoms. The Balaban J connectivity index is 1.86. The number of aryl methyl sites for hydroxylation is 2. The van der Waals surface area contributed by atoms with Crippen molar-refractivity contribution in [3.05, 3.63) is 53.6 Å². The molecule has 0 aliphatic carbocycles. The van der Waals surface area contributed by atoms with Crippen LogP contribution in [-0.2, 0) is 21.2 Å². The zero-order valence-corrected chi connectivity index (χ0v) is 15.5. The number of nitrogens with one attached hydrogen (secondary N) is 1. The largest absolute Gasteiger partial charge is 0.383 e. The maximum atomic E-state index is 12.6. The molecule has 2 aromatic carbocycles. The molecule has 1 aliphatic heterocycles. The van der Waals surface area contributed by atoms with E-state index in [1.165, 1.54) is 5.56 Å². The maximum absolute atomic E-state index is 12.6. The van der Waals surface area contributed by atoms with E-state index in [4.69, 9.17) is 4.74 Å². The number of hydrogen-bond acceptors (Lipinski definition) is 4. The summed E-state index contributed by atoms with van der Waals surface area (Å²) in [6.07, 6.45) is 2.12. The van der Waals surface area contributed by atoms with Crippen LogP contribution in [0.4, 0.5) is 11.4 Å². The number of benzene rings is 2. The molecule has 0 aromatic heterocycles. The molecule has 0 saturated carbocycles. The zero-order chi connectivity index (χ0) is 17.9. The van der Waals surface area contributed by atoms with Gasteiger partial charge in [-0.2, -0.15) is 0 Å². The van der Waals surface area contributed by atoms with Crippen molar-refractivity contribution >= 4 is 21.4 Å². The Morgan fingerprint density at radius 2 is 2.04 bits per heavy atom. The van der Waals surface area contributed by atoms with Crippen molar-refractivity contribution in [2.24, 2.45) is 0 Å². The summed E-state index contributed by atoms with van der Waals surface area (Å²) in [7, 11) is -1.90. The van der Waals surface area contributed by atoms with Gasteiger partial charge in [-0.25, -0.2) is 8.42 Å².